The number of likely N-dealkylation sites (N-methyl/N-ethyl adjacent to an activating group) is 1. The van der Waals surface area contributed by atoms with Crippen LogP contribution >= 0.6 is 0 Å². The van der Waals surface area contributed by atoms with E-state index in [0.29, 0.717) is 0 Å². The van der Waals surface area contributed by atoms with E-state index < -0.39 is 0 Å². The highest BCUT2D eigenvalue weighted by Crippen LogP contribution is 2.06. The van der Waals surface area contributed by atoms with Crippen LogP contribution in [-0.4, -0.2) is 79.8 Å². The molecule has 0 unspecified atom stereocenters. The van der Waals surface area contributed by atoms with E-state index in [0.717, 1.165) is 58.7 Å². The van der Waals surface area contributed by atoms with E-state index >= 15 is 0 Å². The fourth-order valence-electron chi connectivity index (χ4n) is 2.56. The predicted molar refractivity (Wildman–Crippen MR) is 82.0 cm³/mol. The standard InChI is InChI=1S/C15H31N3O2/c1-5-7-17(8-6-2)13-14(3)20-15(19)18-11-9-16(4)10-12-18/h14H,5-13H2,1-4H3/t14-/m1/s1. The van der Waals surface area contributed by atoms with Crippen LogP contribution in [0.5, 0.6) is 0 Å². The maximum Gasteiger partial charge on any atom is 0.410 e. The number of ether oxygens (including phenoxy) is 1. The molecule has 0 aliphatic carbocycles. The molecule has 0 aromatic carbocycles. The summed E-state index contributed by atoms with van der Waals surface area (Å²) in [5, 5.41) is 0. The second-order valence-electron chi connectivity index (χ2n) is 5.79. The van der Waals surface area contributed by atoms with E-state index in [9.17, 15) is 4.79 Å². The Labute approximate surface area is 123 Å². The summed E-state index contributed by atoms with van der Waals surface area (Å²) in [5.74, 6) is 0. The van der Waals surface area contributed by atoms with Crippen LogP contribution in [-0.2, 0) is 4.74 Å². The van der Waals surface area contributed by atoms with Crippen LogP contribution < -0.4 is 0 Å². The van der Waals surface area contributed by atoms with Gasteiger partial charge in [-0.15, -0.1) is 0 Å². The zero-order chi connectivity index (χ0) is 15.0. The van der Waals surface area contributed by atoms with Gasteiger partial charge in [-0.25, -0.2) is 4.79 Å². The van der Waals surface area contributed by atoms with Crippen molar-refractivity contribution in [3.63, 3.8) is 0 Å². The summed E-state index contributed by atoms with van der Waals surface area (Å²) in [6.07, 6.45) is 2.08. The number of carbonyl (C=O) groups excluding carboxylic acids is 1. The number of rotatable bonds is 7. The third kappa shape index (κ3) is 6.09. The fraction of sp³-hybridized carbons (Fsp3) is 0.933. The molecule has 1 rings (SSSR count). The molecule has 1 amide bonds. The average molecular weight is 285 g/mol. The molecule has 1 saturated heterocycles. The molecule has 0 aromatic rings. The smallest absolute Gasteiger partial charge is 0.410 e. The van der Waals surface area contributed by atoms with Gasteiger partial charge in [0.2, 0.25) is 0 Å². The number of hydrogen-bond donors (Lipinski definition) is 0. The van der Waals surface area contributed by atoms with Gasteiger partial charge in [-0.1, -0.05) is 13.8 Å². The van der Waals surface area contributed by atoms with Gasteiger partial charge in [0.05, 0.1) is 0 Å². The number of nitrogens with zero attached hydrogens (tertiary/aromatic N) is 3. The summed E-state index contributed by atoms with van der Waals surface area (Å²) in [6.45, 7) is 12.8. The van der Waals surface area contributed by atoms with Gasteiger partial charge < -0.3 is 14.5 Å². The number of amides is 1. The molecule has 1 fully saturated rings. The minimum absolute atomic E-state index is 0.0414. The van der Waals surface area contributed by atoms with Gasteiger partial charge in [-0.3, -0.25) is 4.90 Å². The summed E-state index contributed by atoms with van der Waals surface area (Å²) in [5.41, 5.74) is 0. The number of hydrogen-bond acceptors (Lipinski definition) is 4. The Kier molecular flexibility index (Phi) is 7.92. The van der Waals surface area contributed by atoms with E-state index in [1.807, 2.05) is 11.8 Å². The first-order chi connectivity index (χ1) is 9.56. The summed E-state index contributed by atoms with van der Waals surface area (Å²) in [7, 11) is 2.08. The van der Waals surface area contributed by atoms with E-state index in [1.165, 1.54) is 0 Å². The molecular weight excluding hydrogens is 254 g/mol. The fourth-order valence-corrected chi connectivity index (χ4v) is 2.56. The maximum absolute atomic E-state index is 12.1. The van der Waals surface area contributed by atoms with Crippen LogP contribution in [0.1, 0.15) is 33.6 Å². The molecule has 0 spiro atoms. The van der Waals surface area contributed by atoms with Gasteiger partial charge in [0.15, 0.2) is 0 Å². The van der Waals surface area contributed by atoms with Crippen LogP contribution in [0, 0.1) is 0 Å². The second kappa shape index (κ2) is 9.19. The lowest BCUT2D eigenvalue weighted by molar-refractivity contribution is 0.0406. The molecule has 0 saturated carbocycles. The first-order valence-electron chi connectivity index (χ1n) is 7.93. The summed E-state index contributed by atoms with van der Waals surface area (Å²) >= 11 is 0. The monoisotopic (exact) mass is 285 g/mol. The van der Waals surface area contributed by atoms with E-state index in [4.69, 9.17) is 4.74 Å². The first kappa shape index (κ1) is 17.2. The van der Waals surface area contributed by atoms with Crippen LogP contribution in [0.2, 0.25) is 0 Å². The van der Waals surface area contributed by atoms with Crippen molar-refractivity contribution < 1.29 is 9.53 Å². The number of carbonyl (C=O) groups is 1. The van der Waals surface area contributed by atoms with Crippen molar-refractivity contribution in [2.24, 2.45) is 0 Å². The Balaban J connectivity index is 2.32. The molecule has 1 aliphatic rings. The summed E-state index contributed by atoms with van der Waals surface area (Å²) in [6, 6.07) is 0. The topological polar surface area (TPSA) is 36.0 Å². The molecular formula is C15H31N3O2. The van der Waals surface area contributed by atoms with E-state index in [-0.39, 0.29) is 12.2 Å². The lowest BCUT2D eigenvalue weighted by atomic mass is 10.3. The van der Waals surface area contributed by atoms with Crippen molar-refractivity contribution in [1.82, 2.24) is 14.7 Å². The minimum Gasteiger partial charge on any atom is -0.445 e. The first-order valence-corrected chi connectivity index (χ1v) is 7.93. The van der Waals surface area contributed by atoms with Gasteiger partial charge in [-0.05, 0) is 39.9 Å². The van der Waals surface area contributed by atoms with Gasteiger partial charge >= 0.3 is 6.09 Å². The van der Waals surface area contributed by atoms with Gasteiger partial charge in [0.25, 0.3) is 0 Å². The van der Waals surface area contributed by atoms with Crippen LogP contribution in [0.25, 0.3) is 0 Å². The summed E-state index contributed by atoms with van der Waals surface area (Å²) in [4.78, 5) is 18.5. The third-order valence-electron chi connectivity index (χ3n) is 3.66. The van der Waals surface area contributed by atoms with Crippen molar-refractivity contribution in [1.29, 1.82) is 0 Å². The Morgan fingerprint density at radius 2 is 1.70 bits per heavy atom. The van der Waals surface area contributed by atoms with Gasteiger partial charge in [-0.2, -0.15) is 0 Å². The molecule has 0 radical (unpaired) electrons. The largest absolute Gasteiger partial charge is 0.445 e. The van der Waals surface area contributed by atoms with Gasteiger partial charge in [0.1, 0.15) is 6.10 Å². The second-order valence-corrected chi connectivity index (χ2v) is 5.79. The quantitative estimate of drug-likeness (QED) is 0.715. The lowest BCUT2D eigenvalue weighted by Gasteiger charge is -2.33. The summed E-state index contributed by atoms with van der Waals surface area (Å²) < 4.78 is 5.58. The third-order valence-corrected chi connectivity index (χ3v) is 3.66. The van der Waals surface area contributed by atoms with Crippen molar-refractivity contribution in [2.45, 2.75) is 39.7 Å². The Hall–Kier alpha value is -0.810. The van der Waals surface area contributed by atoms with Crippen molar-refractivity contribution in [3.05, 3.63) is 0 Å². The van der Waals surface area contributed by atoms with Crippen LogP contribution in [0.15, 0.2) is 0 Å². The highest BCUT2D eigenvalue weighted by molar-refractivity contribution is 5.67. The molecule has 5 heteroatoms. The van der Waals surface area contributed by atoms with Crippen molar-refractivity contribution in [3.8, 4) is 0 Å². The highest BCUT2D eigenvalue weighted by atomic mass is 16.6. The Bertz CT molecular complexity index is 272. The zero-order valence-electron chi connectivity index (χ0n) is 13.6. The maximum atomic E-state index is 12.1. The molecule has 0 aromatic heterocycles. The minimum atomic E-state index is -0.154. The van der Waals surface area contributed by atoms with Gasteiger partial charge in [0, 0.05) is 32.7 Å². The molecule has 118 valence electrons. The molecule has 5 nitrogen and oxygen atoms in total. The van der Waals surface area contributed by atoms with E-state index in [1.54, 1.807) is 0 Å². The average Bonchev–Trinajstić information content (AvgIpc) is 2.39. The lowest BCUT2D eigenvalue weighted by Crippen LogP contribution is -2.48. The predicted octanol–water partition coefficient (Wildman–Crippen LogP) is 1.88. The number of piperazine rings is 1. The van der Waals surface area contributed by atoms with Crippen molar-refractivity contribution in [2.75, 3.05) is 52.9 Å². The Morgan fingerprint density at radius 3 is 2.20 bits per heavy atom. The molecule has 0 bridgehead atoms. The normalized spacial score (nSPS) is 18.4. The zero-order valence-corrected chi connectivity index (χ0v) is 13.6. The molecule has 0 N–H and O–H groups in total. The molecule has 1 heterocycles. The Morgan fingerprint density at radius 1 is 1.15 bits per heavy atom. The van der Waals surface area contributed by atoms with E-state index in [2.05, 4.69) is 30.7 Å². The van der Waals surface area contributed by atoms with Crippen molar-refractivity contribution >= 4 is 6.09 Å². The van der Waals surface area contributed by atoms with Crippen LogP contribution in [0.3, 0.4) is 0 Å². The molecule has 1 atom stereocenters. The van der Waals surface area contributed by atoms with Crippen LogP contribution in [0.4, 0.5) is 4.79 Å². The molecule has 1 aliphatic heterocycles. The highest BCUT2D eigenvalue weighted by Gasteiger charge is 2.22. The molecule has 20 heavy (non-hydrogen) atoms. The SMILES string of the molecule is CCCN(CCC)C[C@@H](C)OC(=O)N1CCN(C)CC1.